The summed E-state index contributed by atoms with van der Waals surface area (Å²) in [7, 11) is 0. The van der Waals surface area contributed by atoms with Crippen LogP contribution in [0, 0.1) is 3.57 Å². The van der Waals surface area contributed by atoms with Gasteiger partial charge in [-0.2, -0.15) is 0 Å². The molecule has 0 aromatic heterocycles. The molecule has 5 rings (SSSR count). The predicted octanol–water partition coefficient (Wildman–Crippen LogP) is 7.41. The maximum absolute atomic E-state index is 2.55. The van der Waals surface area contributed by atoms with Gasteiger partial charge in [0.25, 0.3) is 0 Å². The zero-order valence-electron chi connectivity index (χ0n) is 16.0. The first-order valence-corrected chi connectivity index (χ1v) is 10.7. The standard InChI is InChI=1S/C26H23I/c1-25(2)23-7-5-4-6-21(23)22-12-13-26(3,16-24(22)25)19-10-8-18-15-20(27)11-9-17(18)14-19/h4-12,14-16H,13H2,1-3H3. The second-order valence-electron chi connectivity index (χ2n) is 8.67. The summed E-state index contributed by atoms with van der Waals surface area (Å²) in [6.45, 7) is 7.12. The molecule has 0 aliphatic heterocycles. The molecule has 0 fully saturated rings. The molecular weight excluding hydrogens is 439 g/mol. The van der Waals surface area contributed by atoms with Crippen LogP contribution in [0.1, 0.15) is 43.9 Å². The van der Waals surface area contributed by atoms with Gasteiger partial charge in [0, 0.05) is 14.4 Å². The van der Waals surface area contributed by atoms with Crippen LogP contribution in [0.25, 0.3) is 16.3 Å². The van der Waals surface area contributed by atoms with Gasteiger partial charge in [0.05, 0.1) is 0 Å². The lowest BCUT2D eigenvalue weighted by molar-refractivity contribution is 0.572. The number of hydrogen-bond acceptors (Lipinski definition) is 0. The van der Waals surface area contributed by atoms with Gasteiger partial charge in [-0.25, -0.2) is 0 Å². The molecule has 1 unspecified atom stereocenters. The molecule has 0 spiro atoms. The third-order valence-corrected chi connectivity index (χ3v) is 7.18. The molecule has 1 heteroatoms. The topological polar surface area (TPSA) is 0 Å². The smallest absolute Gasteiger partial charge is 0.0155 e. The SMILES string of the molecule is CC1(c2ccc3cc(I)ccc3c2)C=C2C(=CC1)c1ccccc1C2(C)C. The van der Waals surface area contributed by atoms with Gasteiger partial charge in [-0.3, -0.25) is 0 Å². The van der Waals surface area contributed by atoms with Gasteiger partial charge in [-0.05, 0) is 79.8 Å². The predicted molar refractivity (Wildman–Crippen MR) is 124 cm³/mol. The van der Waals surface area contributed by atoms with E-state index in [1.165, 1.54) is 42.2 Å². The van der Waals surface area contributed by atoms with E-state index in [2.05, 4.69) is 116 Å². The molecule has 3 aromatic carbocycles. The van der Waals surface area contributed by atoms with Crippen LogP contribution < -0.4 is 0 Å². The van der Waals surface area contributed by atoms with E-state index in [0.29, 0.717) is 0 Å². The molecule has 0 radical (unpaired) electrons. The van der Waals surface area contributed by atoms with Crippen LogP contribution in [0.2, 0.25) is 0 Å². The van der Waals surface area contributed by atoms with Crippen LogP contribution in [0.15, 0.2) is 78.4 Å². The Hall–Kier alpha value is -1.87. The maximum Gasteiger partial charge on any atom is 0.0155 e. The van der Waals surface area contributed by atoms with E-state index in [9.17, 15) is 0 Å². The van der Waals surface area contributed by atoms with Crippen molar-refractivity contribution in [3.05, 3.63) is 98.6 Å². The Labute approximate surface area is 175 Å². The van der Waals surface area contributed by atoms with E-state index >= 15 is 0 Å². The Morgan fingerprint density at radius 1 is 0.852 bits per heavy atom. The lowest BCUT2D eigenvalue weighted by Crippen LogP contribution is -2.25. The summed E-state index contributed by atoms with van der Waals surface area (Å²) in [5, 5.41) is 2.65. The molecule has 0 amide bonds. The quantitative estimate of drug-likeness (QED) is 0.331. The van der Waals surface area contributed by atoms with Gasteiger partial charge in [0.1, 0.15) is 0 Å². The minimum atomic E-state index is 0.0370. The molecular formula is C26H23I. The highest BCUT2D eigenvalue weighted by Gasteiger charge is 2.42. The fourth-order valence-electron chi connectivity index (χ4n) is 4.83. The molecule has 1 atom stereocenters. The summed E-state index contributed by atoms with van der Waals surface area (Å²) in [6, 6.07) is 22.6. The molecule has 2 aliphatic carbocycles. The molecule has 27 heavy (non-hydrogen) atoms. The first-order chi connectivity index (χ1) is 12.9. The van der Waals surface area contributed by atoms with Gasteiger partial charge < -0.3 is 0 Å². The zero-order valence-corrected chi connectivity index (χ0v) is 18.2. The number of rotatable bonds is 1. The zero-order chi connectivity index (χ0) is 18.8. The van der Waals surface area contributed by atoms with Crippen molar-refractivity contribution in [3.63, 3.8) is 0 Å². The van der Waals surface area contributed by atoms with E-state index in [4.69, 9.17) is 0 Å². The second kappa shape index (κ2) is 5.81. The summed E-state index contributed by atoms with van der Waals surface area (Å²) in [6.07, 6.45) is 6.07. The molecule has 134 valence electrons. The summed E-state index contributed by atoms with van der Waals surface area (Å²) < 4.78 is 1.29. The Morgan fingerprint density at radius 3 is 2.44 bits per heavy atom. The van der Waals surface area contributed by atoms with E-state index in [1.807, 2.05) is 0 Å². The van der Waals surface area contributed by atoms with Crippen molar-refractivity contribution >= 4 is 38.9 Å². The van der Waals surface area contributed by atoms with Gasteiger partial charge in [-0.15, -0.1) is 0 Å². The molecule has 3 aromatic rings. The van der Waals surface area contributed by atoms with Crippen molar-refractivity contribution in [2.24, 2.45) is 0 Å². The van der Waals surface area contributed by atoms with Crippen molar-refractivity contribution in [1.82, 2.24) is 0 Å². The Balaban J connectivity index is 1.64. The Morgan fingerprint density at radius 2 is 1.59 bits per heavy atom. The summed E-state index contributed by atoms with van der Waals surface area (Å²) in [4.78, 5) is 0. The van der Waals surface area contributed by atoms with Crippen LogP contribution in [0.3, 0.4) is 0 Å². The van der Waals surface area contributed by atoms with Crippen molar-refractivity contribution in [3.8, 4) is 0 Å². The van der Waals surface area contributed by atoms with Crippen LogP contribution in [0.4, 0.5) is 0 Å². The van der Waals surface area contributed by atoms with Crippen molar-refractivity contribution in [2.45, 2.75) is 38.0 Å². The van der Waals surface area contributed by atoms with Crippen LogP contribution in [0.5, 0.6) is 0 Å². The van der Waals surface area contributed by atoms with Crippen LogP contribution in [-0.2, 0) is 10.8 Å². The highest BCUT2D eigenvalue weighted by atomic mass is 127. The van der Waals surface area contributed by atoms with Crippen LogP contribution >= 0.6 is 22.6 Å². The largest absolute Gasteiger partial charge is 0.0752 e. The maximum atomic E-state index is 2.55. The molecule has 0 heterocycles. The van der Waals surface area contributed by atoms with E-state index < -0.39 is 0 Å². The van der Waals surface area contributed by atoms with Gasteiger partial charge in [0.15, 0.2) is 0 Å². The van der Waals surface area contributed by atoms with E-state index in [-0.39, 0.29) is 10.8 Å². The first-order valence-electron chi connectivity index (χ1n) is 9.62. The number of halogens is 1. The molecule has 0 saturated heterocycles. The van der Waals surface area contributed by atoms with Crippen molar-refractivity contribution < 1.29 is 0 Å². The highest BCUT2D eigenvalue weighted by Crippen LogP contribution is 2.54. The van der Waals surface area contributed by atoms with E-state index in [1.54, 1.807) is 0 Å². The lowest BCUT2D eigenvalue weighted by atomic mass is 9.70. The average molecular weight is 462 g/mol. The molecule has 0 nitrogen and oxygen atoms in total. The van der Waals surface area contributed by atoms with Crippen molar-refractivity contribution in [2.75, 3.05) is 0 Å². The lowest BCUT2D eigenvalue weighted by Gasteiger charge is -2.34. The Kier molecular flexibility index (Phi) is 3.71. The molecule has 2 aliphatic rings. The number of fused-ring (bicyclic) bond motifs is 4. The van der Waals surface area contributed by atoms with Gasteiger partial charge in [0.2, 0.25) is 0 Å². The fourth-order valence-corrected chi connectivity index (χ4v) is 5.35. The number of hydrogen-bond donors (Lipinski definition) is 0. The van der Waals surface area contributed by atoms with Crippen LogP contribution in [-0.4, -0.2) is 0 Å². The van der Waals surface area contributed by atoms with Crippen molar-refractivity contribution in [1.29, 1.82) is 0 Å². The minimum Gasteiger partial charge on any atom is -0.0752 e. The molecule has 0 saturated carbocycles. The summed E-state index contributed by atoms with van der Waals surface area (Å²) in [5.74, 6) is 0. The normalized spacial score (nSPS) is 22.8. The first kappa shape index (κ1) is 17.2. The monoisotopic (exact) mass is 462 g/mol. The number of benzene rings is 3. The molecule has 0 N–H and O–H groups in total. The minimum absolute atomic E-state index is 0.0370. The highest BCUT2D eigenvalue weighted by molar-refractivity contribution is 14.1. The number of allylic oxidation sites excluding steroid dienone is 4. The summed E-state index contributed by atoms with van der Waals surface area (Å²) in [5.41, 5.74) is 7.32. The van der Waals surface area contributed by atoms with E-state index in [0.717, 1.165) is 6.42 Å². The second-order valence-corrected chi connectivity index (χ2v) is 9.92. The summed E-state index contributed by atoms with van der Waals surface area (Å²) >= 11 is 2.39. The third-order valence-electron chi connectivity index (χ3n) is 6.51. The molecule has 0 bridgehead atoms. The third kappa shape index (κ3) is 2.55. The van der Waals surface area contributed by atoms with Gasteiger partial charge in [-0.1, -0.05) is 81.5 Å². The fraction of sp³-hybridized carbons (Fsp3) is 0.231. The van der Waals surface area contributed by atoms with Gasteiger partial charge >= 0.3 is 0 Å². The average Bonchev–Trinajstić information content (AvgIpc) is 2.88. The Bertz CT molecular complexity index is 1150.